The van der Waals surface area contributed by atoms with E-state index in [1.807, 2.05) is 26.8 Å². The van der Waals surface area contributed by atoms with Gasteiger partial charge in [-0.05, 0) is 68.3 Å². The average molecular weight is 489 g/mol. The monoisotopic (exact) mass is 488 g/mol. The first-order chi connectivity index (χ1) is 15.7. The molecule has 7 heteroatoms. The Labute approximate surface area is 206 Å². The fourth-order valence-electron chi connectivity index (χ4n) is 6.32. The van der Waals surface area contributed by atoms with Crippen LogP contribution in [0.3, 0.4) is 0 Å². The summed E-state index contributed by atoms with van der Waals surface area (Å²) in [6, 6.07) is 1.87. The molecule has 0 bridgehead atoms. The number of ketones is 1. The number of amides is 1. The van der Waals surface area contributed by atoms with E-state index in [0.29, 0.717) is 55.6 Å². The van der Waals surface area contributed by atoms with E-state index in [9.17, 15) is 9.59 Å². The number of rotatable bonds is 6. The van der Waals surface area contributed by atoms with Crippen molar-refractivity contribution in [3.05, 3.63) is 29.1 Å². The van der Waals surface area contributed by atoms with E-state index < -0.39 is 19.3 Å². The summed E-state index contributed by atoms with van der Waals surface area (Å²) in [4.78, 5) is 32.5. The number of hydrogen-bond acceptors (Lipinski definition) is 5. The van der Waals surface area contributed by atoms with Crippen molar-refractivity contribution in [3.8, 4) is 0 Å². The molecule has 0 saturated carbocycles. The second kappa shape index (κ2) is 9.73. The minimum atomic E-state index is -2.03. The molecule has 0 aromatic carbocycles. The molecule has 2 aliphatic rings. The fourth-order valence-corrected chi connectivity index (χ4v) is 11.7. The zero-order valence-electron chi connectivity index (χ0n) is 22.7. The molecular formula is C27H44N2O4Si. The number of likely N-dealkylation sites (tertiary alicyclic amines) is 1. The van der Waals surface area contributed by atoms with E-state index in [-0.39, 0.29) is 11.9 Å². The maximum absolute atomic E-state index is 13.6. The SMILES string of the molecule is CC(C)[Si](OCc1nccc2c1CC1(CCN(C(=O)OC(C)(C)C)CC1)C2=O)(C(C)C)C(C)C. The molecule has 1 aliphatic heterocycles. The highest BCUT2D eigenvalue weighted by molar-refractivity contribution is 6.77. The average Bonchev–Trinajstić information content (AvgIpc) is 2.99. The zero-order valence-corrected chi connectivity index (χ0v) is 23.7. The molecule has 3 rings (SSSR count). The highest BCUT2D eigenvalue weighted by atomic mass is 28.4. The van der Waals surface area contributed by atoms with Crippen molar-refractivity contribution < 1.29 is 18.8 Å². The minimum absolute atomic E-state index is 0.204. The number of piperidine rings is 1. The number of pyridine rings is 1. The van der Waals surface area contributed by atoms with Gasteiger partial charge >= 0.3 is 6.09 Å². The van der Waals surface area contributed by atoms with Gasteiger partial charge in [0.05, 0.1) is 12.3 Å². The molecule has 1 amide bonds. The van der Waals surface area contributed by atoms with Gasteiger partial charge in [0, 0.05) is 30.3 Å². The maximum atomic E-state index is 13.6. The Bertz CT molecular complexity index is 890. The second-order valence-electron chi connectivity index (χ2n) is 12.1. The number of nitrogens with zero attached hydrogens (tertiary/aromatic N) is 2. The van der Waals surface area contributed by atoms with Crippen molar-refractivity contribution in [2.75, 3.05) is 13.1 Å². The third-order valence-electron chi connectivity index (χ3n) is 7.92. The number of carbonyl (C=O) groups is 2. The highest BCUT2D eigenvalue weighted by Gasteiger charge is 2.50. The molecule has 0 N–H and O–H groups in total. The Morgan fingerprint density at radius 1 is 1.09 bits per heavy atom. The molecule has 190 valence electrons. The summed E-state index contributed by atoms with van der Waals surface area (Å²) in [6.45, 7) is 20.9. The first kappa shape index (κ1) is 26.9. The molecule has 0 radical (unpaired) electrons. The molecule has 34 heavy (non-hydrogen) atoms. The third kappa shape index (κ3) is 4.96. The summed E-state index contributed by atoms with van der Waals surface area (Å²) in [5.41, 5.74) is 3.28. The molecule has 1 aromatic heterocycles. The first-order valence-electron chi connectivity index (χ1n) is 12.9. The van der Waals surface area contributed by atoms with E-state index in [4.69, 9.17) is 9.16 Å². The molecule has 1 saturated heterocycles. The van der Waals surface area contributed by atoms with Gasteiger partial charge in [0.1, 0.15) is 5.60 Å². The van der Waals surface area contributed by atoms with Crippen molar-refractivity contribution in [3.63, 3.8) is 0 Å². The molecule has 0 unspecified atom stereocenters. The quantitative estimate of drug-likeness (QED) is 0.426. The maximum Gasteiger partial charge on any atom is 0.410 e. The van der Waals surface area contributed by atoms with Gasteiger partial charge in [-0.25, -0.2) is 4.79 Å². The van der Waals surface area contributed by atoms with Crippen molar-refractivity contribution in [2.45, 2.75) is 110 Å². The summed E-state index contributed by atoms with van der Waals surface area (Å²) in [6.07, 6.45) is 3.47. The predicted molar refractivity (Wildman–Crippen MR) is 138 cm³/mol. The zero-order chi connectivity index (χ0) is 25.5. The largest absolute Gasteiger partial charge is 0.444 e. The van der Waals surface area contributed by atoms with Crippen molar-refractivity contribution in [1.82, 2.24) is 9.88 Å². The van der Waals surface area contributed by atoms with Gasteiger partial charge in [-0.2, -0.15) is 0 Å². The third-order valence-corrected chi connectivity index (χ3v) is 14.0. The normalized spacial score (nSPS) is 18.4. The van der Waals surface area contributed by atoms with Crippen LogP contribution in [-0.4, -0.2) is 48.8 Å². The molecule has 1 fully saturated rings. The van der Waals surface area contributed by atoms with E-state index in [0.717, 1.165) is 16.8 Å². The lowest BCUT2D eigenvalue weighted by Crippen LogP contribution is -2.47. The molecular weight excluding hydrogens is 444 g/mol. The number of carbonyl (C=O) groups excluding carboxylic acids is 2. The Morgan fingerprint density at radius 3 is 2.15 bits per heavy atom. The summed E-state index contributed by atoms with van der Waals surface area (Å²) in [7, 11) is -2.03. The van der Waals surface area contributed by atoms with Gasteiger partial charge in [-0.15, -0.1) is 0 Å². The Morgan fingerprint density at radius 2 is 1.65 bits per heavy atom. The predicted octanol–water partition coefficient (Wildman–Crippen LogP) is 6.53. The summed E-state index contributed by atoms with van der Waals surface area (Å²) < 4.78 is 12.4. The van der Waals surface area contributed by atoms with Crippen LogP contribution in [0.2, 0.25) is 16.6 Å². The highest BCUT2D eigenvalue weighted by Crippen LogP contribution is 2.47. The van der Waals surface area contributed by atoms with Crippen LogP contribution in [0.5, 0.6) is 0 Å². The van der Waals surface area contributed by atoms with Gasteiger partial charge < -0.3 is 14.1 Å². The molecule has 1 aliphatic carbocycles. The second-order valence-corrected chi connectivity index (χ2v) is 17.6. The minimum Gasteiger partial charge on any atom is -0.444 e. The molecule has 1 aromatic rings. The van der Waals surface area contributed by atoms with Crippen molar-refractivity contribution in [2.24, 2.45) is 5.41 Å². The first-order valence-corrected chi connectivity index (χ1v) is 15.0. The van der Waals surface area contributed by atoms with Crippen LogP contribution in [0.4, 0.5) is 4.79 Å². The molecule has 6 nitrogen and oxygen atoms in total. The Kier molecular flexibility index (Phi) is 7.69. The van der Waals surface area contributed by atoms with Gasteiger partial charge in [-0.1, -0.05) is 41.5 Å². The van der Waals surface area contributed by atoms with Gasteiger partial charge in [0.15, 0.2) is 5.78 Å². The van der Waals surface area contributed by atoms with E-state index in [1.54, 1.807) is 11.1 Å². The van der Waals surface area contributed by atoms with Crippen LogP contribution < -0.4 is 0 Å². The molecule has 1 spiro atoms. The van der Waals surface area contributed by atoms with Crippen LogP contribution >= 0.6 is 0 Å². The van der Waals surface area contributed by atoms with Crippen LogP contribution in [0.25, 0.3) is 0 Å². The van der Waals surface area contributed by atoms with Gasteiger partial charge in [0.25, 0.3) is 0 Å². The van der Waals surface area contributed by atoms with Crippen LogP contribution in [-0.2, 0) is 22.2 Å². The number of fused-ring (bicyclic) bond motifs is 1. The lowest BCUT2D eigenvalue weighted by Gasteiger charge is -2.42. The van der Waals surface area contributed by atoms with E-state index in [1.165, 1.54) is 0 Å². The molecule has 2 heterocycles. The summed E-state index contributed by atoms with van der Waals surface area (Å²) >= 11 is 0. The van der Waals surface area contributed by atoms with Crippen LogP contribution in [0.15, 0.2) is 12.3 Å². The number of ether oxygens (including phenoxy) is 1. The number of aromatic nitrogens is 1. The lowest BCUT2D eigenvalue weighted by atomic mass is 9.75. The van der Waals surface area contributed by atoms with E-state index >= 15 is 0 Å². The van der Waals surface area contributed by atoms with Gasteiger partial charge in [-0.3, -0.25) is 9.78 Å². The number of Topliss-reactive ketones (excluding diaryl/α,β-unsaturated/α-hetero) is 1. The Balaban J connectivity index is 1.77. The van der Waals surface area contributed by atoms with Crippen LogP contribution in [0, 0.1) is 5.41 Å². The van der Waals surface area contributed by atoms with Crippen molar-refractivity contribution >= 4 is 20.2 Å². The summed E-state index contributed by atoms with van der Waals surface area (Å²) in [5, 5.41) is 0. The standard InChI is InChI=1S/C27H44N2O4Si/c1-18(2)34(19(3)4,20(5)6)32-17-23-22-16-27(24(30)21(22)10-13-28-23)11-14-29(15-12-27)25(31)33-26(7,8)9/h10,13,18-20H,11-12,14-17H2,1-9H3. The van der Waals surface area contributed by atoms with Gasteiger partial charge in [0.2, 0.25) is 8.32 Å². The Hall–Kier alpha value is -1.73. The van der Waals surface area contributed by atoms with Crippen LogP contribution in [0.1, 0.15) is 96.8 Å². The summed E-state index contributed by atoms with van der Waals surface area (Å²) in [5.74, 6) is 0.204. The molecule has 0 atom stereocenters. The number of hydrogen-bond donors (Lipinski definition) is 0. The lowest BCUT2D eigenvalue weighted by molar-refractivity contribution is 0.0113. The van der Waals surface area contributed by atoms with Crippen molar-refractivity contribution in [1.29, 1.82) is 0 Å². The smallest absolute Gasteiger partial charge is 0.410 e. The topological polar surface area (TPSA) is 68.7 Å². The fraction of sp³-hybridized carbons (Fsp3) is 0.741. The van der Waals surface area contributed by atoms with E-state index in [2.05, 4.69) is 46.5 Å².